The topological polar surface area (TPSA) is 34.5 Å². The maximum Gasteiger partial charge on any atom is 0.137 e. The van der Waals surface area contributed by atoms with E-state index in [-0.39, 0.29) is 0 Å². The van der Waals surface area contributed by atoms with Crippen LogP contribution in [-0.4, -0.2) is 4.57 Å². The van der Waals surface area contributed by atoms with Crippen LogP contribution < -0.4 is 4.90 Å². The van der Waals surface area contributed by atoms with Gasteiger partial charge in [0.15, 0.2) is 0 Å². The third-order valence-electron chi connectivity index (χ3n) is 10.8. The molecule has 0 saturated carbocycles. The van der Waals surface area contributed by atoms with Gasteiger partial charge < -0.3 is 18.3 Å². The maximum absolute atomic E-state index is 6.38. The van der Waals surface area contributed by atoms with Crippen molar-refractivity contribution >= 4 is 94.5 Å². The molecule has 0 aliphatic carbocycles. The van der Waals surface area contributed by atoms with Crippen LogP contribution in [0, 0.1) is 0 Å². The average Bonchev–Trinajstić information content (AvgIpc) is 3.88. The minimum absolute atomic E-state index is 0.857. The number of hydrogen-bond acceptors (Lipinski definition) is 4. The zero-order chi connectivity index (χ0) is 34.6. The van der Waals surface area contributed by atoms with E-state index in [9.17, 15) is 0 Å². The molecule has 0 bridgehead atoms. The first kappa shape index (κ1) is 28.9. The summed E-state index contributed by atoms with van der Waals surface area (Å²) in [5, 5.41) is 7.01. The van der Waals surface area contributed by atoms with E-state index in [4.69, 9.17) is 8.83 Å². The summed E-state index contributed by atoms with van der Waals surface area (Å²) >= 11 is 1.87. The molecule has 12 rings (SSSR count). The number of nitrogens with zero attached hydrogens (tertiary/aromatic N) is 2. The minimum Gasteiger partial charge on any atom is -0.456 e. The number of benzene rings is 8. The van der Waals surface area contributed by atoms with Crippen LogP contribution in [0.25, 0.3) is 82.5 Å². The summed E-state index contributed by atoms with van der Waals surface area (Å²) < 4.78 is 15.2. The van der Waals surface area contributed by atoms with E-state index >= 15 is 0 Å². The van der Waals surface area contributed by atoms with Gasteiger partial charge in [-0.05, 0) is 77.9 Å². The molecule has 0 fully saturated rings. The lowest BCUT2D eigenvalue weighted by molar-refractivity contribution is 0.669. The fraction of sp³-hybridized carbons (Fsp3) is 0. The van der Waals surface area contributed by atoms with Crippen LogP contribution in [-0.2, 0) is 0 Å². The van der Waals surface area contributed by atoms with E-state index in [1.807, 2.05) is 36.0 Å². The molecule has 0 saturated heterocycles. The Balaban J connectivity index is 1.03. The number of hydrogen-bond donors (Lipinski definition) is 0. The van der Waals surface area contributed by atoms with Crippen LogP contribution in [0.4, 0.5) is 17.1 Å². The zero-order valence-corrected chi connectivity index (χ0v) is 29.1. The van der Waals surface area contributed by atoms with Crippen molar-refractivity contribution in [2.75, 3.05) is 4.90 Å². The quantitative estimate of drug-likeness (QED) is 0.183. The highest BCUT2D eigenvalue weighted by molar-refractivity contribution is 8.00. The Kier molecular flexibility index (Phi) is 5.96. The van der Waals surface area contributed by atoms with Crippen molar-refractivity contribution in [3.8, 4) is 16.8 Å². The predicted molar refractivity (Wildman–Crippen MR) is 220 cm³/mol. The number of furan rings is 2. The van der Waals surface area contributed by atoms with Crippen molar-refractivity contribution in [3.05, 3.63) is 170 Å². The van der Waals surface area contributed by atoms with Gasteiger partial charge in [-0.25, -0.2) is 0 Å². The molecular formula is C48H28N2O2S. The van der Waals surface area contributed by atoms with E-state index in [1.165, 1.54) is 48.4 Å². The van der Waals surface area contributed by atoms with Crippen LogP contribution in [0.1, 0.15) is 0 Å². The van der Waals surface area contributed by atoms with Crippen molar-refractivity contribution in [2.24, 2.45) is 0 Å². The smallest absolute Gasteiger partial charge is 0.137 e. The molecule has 0 amide bonds. The van der Waals surface area contributed by atoms with Crippen molar-refractivity contribution in [2.45, 2.75) is 9.79 Å². The number of aromatic nitrogens is 1. The van der Waals surface area contributed by atoms with Gasteiger partial charge in [-0.1, -0.05) is 103 Å². The molecule has 11 aromatic rings. The van der Waals surface area contributed by atoms with Gasteiger partial charge in [0.2, 0.25) is 0 Å². The summed E-state index contributed by atoms with van der Waals surface area (Å²) in [4.78, 5) is 4.84. The van der Waals surface area contributed by atoms with Gasteiger partial charge >= 0.3 is 0 Å². The lowest BCUT2D eigenvalue weighted by atomic mass is 10.0. The highest BCUT2D eigenvalue weighted by Gasteiger charge is 2.26. The molecule has 4 heterocycles. The average molecular weight is 697 g/mol. The summed E-state index contributed by atoms with van der Waals surface area (Å²) in [6.07, 6.45) is 0. The summed E-state index contributed by atoms with van der Waals surface area (Å²) in [5.74, 6) is 0. The largest absolute Gasteiger partial charge is 0.456 e. The van der Waals surface area contributed by atoms with Crippen LogP contribution in [0.3, 0.4) is 0 Å². The first-order chi connectivity index (χ1) is 26.3. The Labute approximate surface area is 308 Å². The molecule has 0 N–H and O–H groups in total. The second kappa shape index (κ2) is 10.9. The fourth-order valence-electron chi connectivity index (χ4n) is 8.39. The molecule has 0 unspecified atom stereocenters. The summed E-state index contributed by atoms with van der Waals surface area (Å²) in [7, 11) is 0. The van der Waals surface area contributed by atoms with Crippen LogP contribution >= 0.6 is 11.8 Å². The van der Waals surface area contributed by atoms with E-state index in [2.05, 4.69) is 155 Å². The molecule has 8 aromatic carbocycles. The highest BCUT2D eigenvalue weighted by Crippen LogP contribution is 2.51. The van der Waals surface area contributed by atoms with Crippen LogP contribution in [0.5, 0.6) is 0 Å². The highest BCUT2D eigenvalue weighted by atomic mass is 32.2. The molecule has 1 aliphatic rings. The Bertz CT molecular complexity index is 3160. The van der Waals surface area contributed by atoms with Crippen LogP contribution in [0.15, 0.2) is 188 Å². The van der Waals surface area contributed by atoms with Crippen molar-refractivity contribution in [3.63, 3.8) is 0 Å². The van der Waals surface area contributed by atoms with Crippen LogP contribution in [0.2, 0.25) is 0 Å². The molecule has 248 valence electrons. The van der Waals surface area contributed by atoms with Gasteiger partial charge in [0.1, 0.15) is 22.3 Å². The monoisotopic (exact) mass is 696 g/mol. The third kappa shape index (κ3) is 4.20. The fourth-order valence-corrected chi connectivity index (χ4v) is 9.62. The summed E-state index contributed by atoms with van der Waals surface area (Å²) in [6, 6.07) is 60.5. The lowest BCUT2D eigenvalue weighted by Gasteiger charge is -2.26. The molecular weight excluding hydrogens is 669 g/mol. The molecule has 0 spiro atoms. The molecule has 0 atom stereocenters. The molecule has 53 heavy (non-hydrogen) atoms. The summed E-state index contributed by atoms with van der Waals surface area (Å²) in [5.41, 5.74) is 12.7. The SMILES string of the molecule is c1ccc2c(c1)Sc1c(-c3ccc(N(c4ccc5c(c4)oc4ccccc45)c4ccc5c(c4)oc4ccccc45)cc3)ccc3c4ccccc4n-2c13. The van der Waals surface area contributed by atoms with E-state index in [1.54, 1.807) is 0 Å². The Morgan fingerprint density at radius 1 is 0.434 bits per heavy atom. The third-order valence-corrected chi connectivity index (χ3v) is 12.0. The second-order valence-electron chi connectivity index (χ2n) is 13.7. The van der Waals surface area contributed by atoms with Gasteiger partial charge in [0, 0.05) is 71.3 Å². The van der Waals surface area contributed by atoms with E-state index < -0.39 is 0 Å². The second-order valence-corrected chi connectivity index (χ2v) is 14.8. The van der Waals surface area contributed by atoms with Gasteiger partial charge in [-0.15, -0.1) is 0 Å². The molecule has 1 aliphatic heterocycles. The number of fused-ring (bicyclic) bond motifs is 11. The summed E-state index contributed by atoms with van der Waals surface area (Å²) in [6.45, 7) is 0. The number of anilines is 3. The normalized spacial score (nSPS) is 12.5. The Hall–Kier alpha value is -6.69. The first-order valence-electron chi connectivity index (χ1n) is 17.8. The molecule has 0 radical (unpaired) electrons. The van der Waals surface area contributed by atoms with Gasteiger partial charge in [0.25, 0.3) is 0 Å². The van der Waals surface area contributed by atoms with Gasteiger partial charge in [-0.3, -0.25) is 0 Å². The molecule has 5 heteroatoms. The standard InChI is InChI=1S/C48H28N2O2S/c1-4-12-40-34(9-1)39-26-25-33(48-47(39)50(40)41-13-5-8-16-46(41)53-48)29-17-19-30(20-18-29)49(31-21-23-37-35-10-2-6-14-42(35)51-44(37)27-31)32-22-24-38-36-11-3-7-15-43(36)52-45(38)28-32/h1-28H. The Morgan fingerprint density at radius 2 is 0.981 bits per heavy atom. The molecule has 3 aromatic heterocycles. The van der Waals surface area contributed by atoms with Crippen molar-refractivity contribution < 1.29 is 8.83 Å². The first-order valence-corrected chi connectivity index (χ1v) is 18.7. The van der Waals surface area contributed by atoms with Crippen molar-refractivity contribution in [1.82, 2.24) is 4.57 Å². The maximum atomic E-state index is 6.38. The zero-order valence-electron chi connectivity index (χ0n) is 28.3. The van der Waals surface area contributed by atoms with Gasteiger partial charge in [0.05, 0.1) is 16.7 Å². The van der Waals surface area contributed by atoms with E-state index in [0.717, 1.165) is 60.9 Å². The Morgan fingerprint density at radius 3 is 1.68 bits per heavy atom. The van der Waals surface area contributed by atoms with Gasteiger partial charge in [-0.2, -0.15) is 0 Å². The lowest BCUT2D eigenvalue weighted by Crippen LogP contribution is -2.09. The minimum atomic E-state index is 0.857. The predicted octanol–water partition coefficient (Wildman–Crippen LogP) is 14.2. The van der Waals surface area contributed by atoms with Crippen molar-refractivity contribution in [1.29, 1.82) is 0 Å². The molecule has 4 nitrogen and oxygen atoms in total. The number of rotatable bonds is 4. The number of para-hydroxylation sites is 4. The van der Waals surface area contributed by atoms with E-state index in [0.29, 0.717) is 0 Å².